The molecule has 6 nitrogen and oxygen atoms in total. The largest absolute Gasteiger partial charge is 0.385 e. The molecule has 3 aromatic rings. The van der Waals surface area contributed by atoms with Gasteiger partial charge >= 0.3 is 0 Å². The number of anilines is 1. The molecule has 176 valence electrons. The Hall–Kier alpha value is -3.19. The minimum atomic E-state index is -0.316. The molecular formula is C26H32FN3O3. The zero-order chi connectivity index (χ0) is 23.8. The van der Waals surface area contributed by atoms with Crippen molar-refractivity contribution in [3.63, 3.8) is 0 Å². The number of hydrogen-bond acceptors (Lipinski definition) is 5. The summed E-state index contributed by atoms with van der Waals surface area (Å²) >= 11 is 0. The number of rotatable bonds is 11. The number of carbonyl (C=O) groups excluding carboxylic acids is 1. The van der Waals surface area contributed by atoms with Crippen LogP contribution < -0.4 is 4.90 Å². The summed E-state index contributed by atoms with van der Waals surface area (Å²) in [5.41, 5.74) is 3.76. The van der Waals surface area contributed by atoms with E-state index in [1.807, 2.05) is 49.9 Å². The summed E-state index contributed by atoms with van der Waals surface area (Å²) in [6.45, 7) is 8.88. The Morgan fingerprint density at radius 3 is 2.42 bits per heavy atom. The number of amides is 1. The first-order valence-corrected chi connectivity index (χ1v) is 11.3. The second-order valence-electron chi connectivity index (χ2n) is 7.88. The van der Waals surface area contributed by atoms with Crippen molar-refractivity contribution in [2.24, 2.45) is 0 Å². The number of carbonyl (C=O) groups is 1. The summed E-state index contributed by atoms with van der Waals surface area (Å²) < 4.78 is 24.5. The van der Waals surface area contributed by atoms with Gasteiger partial charge in [-0.25, -0.2) is 4.39 Å². The Bertz CT molecular complexity index is 1050. The lowest BCUT2D eigenvalue weighted by atomic mass is 10.0. The average molecular weight is 454 g/mol. The molecule has 0 aliphatic carbocycles. The number of nitrogens with zero attached hydrogens (tertiary/aromatic N) is 3. The van der Waals surface area contributed by atoms with Crippen molar-refractivity contribution in [3.8, 4) is 11.3 Å². The predicted molar refractivity (Wildman–Crippen MR) is 128 cm³/mol. The number of aryl methyl sites for hydroxylation is 1. The molecule has 3 rings (SSSR count). The van der Waals surface area contributed by atoms with E-state index in [1.165, 1.54) is 12.1 Å². The Morgan fingerprint density at radius 2 is 1.79 bits per heavy atom. The van der Waals surface area contributed by atoms with E-state index in [0.717, 1.165) is 29.8 Å². The van der Waals surface area contributed by atoms with Gasteiger partial charge in [-0.3, -0.25) is 4.79 Å². The SMILES string of the molecule is CCN(CC)c1onc(-c2ccc(F)cc2)c1CN(CCCOC)C(=O)c1ccccc1C. The summed E-state index contributed by atoms with van der Waals surface area (Å²) in [6.07, 6.45) is 0.700. The predicted octanol–water partition coefficient (Wildman–Crippen LogP) is 5.31. The molecule has 0 fully saturated rings. The van der Waals surface area contributed by atoms with E-state index in [-0.39, 0.29) is 11.7 Å². The third-order valence-corrected chi connectivity index (χ3v) is 5.72. The van der Waals surface area contributed by atoms with Crippen LogP contribution in [0.2, 0.25) is 0 Å². The zero-order valence-corrected chi connectivity index (χ0v) is 19.8. The Kier molecular flexibility index (Phi) is 8.60. The van der Waals surface area contributed by atoms with Crippen LogP contribution in [-0.2, 0) is 11.3 Å². The molecule has 1 aromatic heterocycles. The van der Waals surface area contributed by atoms with Crippen molar-refractivity contribution in [2.45, 2.75) is 33.7 Å². The molecule has 0 spiro atoms. The van der Waals surface area contributed by atoms with Crippen LogP contribution in [0.15, 0.2) is 53.1 Å². The minimum Gasteiger partial charge on any atom is -0.385 e. The molecule has 1 heterocycles. The van der Waals surface area contributed by atoms with Gasteiger partial charge < -0.3 is 19.1 Å². The van der Waals surface area contributed by atoms with Crippen LogP contribution in [0, 0.1) is 12.7 Å². The van der Waals surface area contributed by atoms with E-state index < -0.39 is 0 Å². The lowest BCUT2D eigenvalue weighted by molar-refractivity contribution is 0.0723. The average Bonchev–Trinajstić information content (AvgIpc) is 3.23. The van der Waals surface area contributed by atoms with Gasteiger partial charge in [-0.1, -0.05) is 23.4 Å². The van der Waals surface area contributed by atoms with Crippen molar-refractivity contribution in [1.82, 2.24) is 10.1 Å². The Morgan fingerprint density at radius 1 is 1.09 bits per heavy atom. The van der Waals surface area contributed by atoms with Crippen molar-refractivity contribution in [3.05, 3.63) is 71.0 Å². The summed E-state index contributed by atoms with van der Waals surface area (Å²) in [6, 6.07) is 13.7. The fourth-order valence-electron chi connectivity index (χ4n) is 3.86. The molecule has 33 heavy (non-hydrogen) atoms. The van der Waals surface area contributed by atoms with Gasteiger partial charge in [-0.2, -0.15) is 0 Å². The maximum Gasteiger partial charge on any atom is 0.254 e. The highest BCUT2D eigenvalue weighted by molar-refractivity contribution is 5.95. The first kappa shape index (κ1) is 24.5. The smallest absolute Gasteiger partial charge is 0.254 e. The van der Waals surface area contributed by atoms with Crippen molar-refractivity contribution < 1.29 is 18.4 Å². The fourth-order valence-corrected chi connectivity index (χ4v) is 3.86. The van der Waals surface area contributed by atoms with E-state index >= 15 is 0 Å². The van der Waals surface area contributed by atoms with Crippen molar-refractivity contribution >= 4 is 11.8 Å². The second kappa shape index (κ2) is 11.6. The monoisotopic (exact) mass is 453 g/mol. The molecule has 0 saturated carbocycles. The topological polar surface area (TPSA) is 58.8 Å². The highest BCUT2D eigenvalue weighted by Crippen LogP contribution is 2.33. The van der Waals surface area contributed by atoms with Crippen molar-refractivity contribution in [2.75, 3.05) is 38.3 Å². The molecule has 0 bridgehead atoms. The third kappa shape index (κ3) is 5.79. The van der Waals surface area contributed by atoms with E-state index in [0.29, 0.717) is 43.3 Å². The lowest BCUT2D eigenvalue weighted by Crippen LogP contribution is -2.33. The molecule has 0 N–H and O–H groups in total. The first-order valence-electron chi connectivity index (χ1n) is 11.3. The molecule has 1 amide bonds. The molecule has 0 aliphatic rings. The summed E-state index contributed by atoms with van der Waals surface area (Å²) in [7, 11) is 1.65. The fraction of sp³-hybridized carbons (Fsp3) is 0.385. The van der Waals surface area contributed by atoms with Crippen LogP contribution in [0.25, 0.3) is 11.3 Å². The molecule has 2 aromatic carbocycles. The van der Waals surface area contributed by atoms with Gasteiger partial charge in [-0.05, 0) is 63.1 Å². The first-order chi connectivity index (χ1) is 16.0. The van der Waals surface area contributed by atoms with Gasteiger partial charge in [0.1, 0.15) is 11.5 Å². The Balaban J connectivity index is 2.04. The van der Waals surface area contributed by atoms with Crippen LogP contribution in [0.4, 0.5) is 10.3 Å². The number of halogens is 1. The molecule has 0 radical (unpaired) electrons. The number of methoxy groups -OCH3 is 1. The minimum absolute atomic E-state index is 0.0547. The van der Waals surface area contributed by atoms with Crippen LogP contribution in [0.5, 0.6) is 0 Å². The van der Waals surface area contributed by atoms with E-state index in [4.69, 9.17) is 9.26 Å². The maximum absolute atomic E-state index is 13.6. The zero-order valence-electron chi connectivity index (χ0n) is 19.8. The van der Waals surface area contributed by atoms with Gasteiger partial charge in [0.05, 0.1) is 12.1 Å². The highest BCUT2D eigenvalue weighted by atomic mass is 19.1. The van der Waals surface area contributed by atoms with Gasteiger partial charge in [0.15, 0.2) is 0 Å². The molecule has 7 heteroatoms. The normalized spacial score (nSPS) is 10.9. The second-order valence-corrected chi connectivity index (χ2v) is 7.88. The molecular weight excluding hydrogens is 421 g/mol. The van der Waals surface area contributed by atoms with Crippen molar-refractivity contribution in [1.29, 1.82) is 0 Å². The summed E-state index contributed by atoms with van der Waals surface area (Å²) in [4.78, 5) is 17.5. The van der Waals surface area contributed by atoms with E-state index in [2.05, 4.69) is 10.1 Å². The third-order valence-electron chi connectivity index (χ3n) is 5.72. The molecule has 0 atom stereocenters. The van der Waals surface area contributed by atoms with Gasteiger partial charge in [0, 0.05) is 44.5 Å². The van der Waals surface area contributed by atoms with Gasteiger partial charge in [0.25, 0.3) is 5.91 Å². The van der Waals surface area contributed by atoms with Gasteiger partial charge in [0.2, 0.25) is 5.88 Å². The number of hydrogen-bond donors (Lipinski definition) is 0. The van der Waals surface area contributed by atoms with E-state index in [1.54, 1.807) is 19.2 Å². The van der Waals surface area contributed by atoms with Crippen LogP contribution in [0.1, 0.15) is 41.8 Å². The summed E-state index contributed by atoms with van der Waals surface area (Å²) in [5, 5.41) is 4.33. The number of benzene rings is 2. The highest BCUT2D eigenvalue weighted by Gasteiger charge is 2.26. The molecule has 0 saturated heterocycles. The lowest BCUT2D eigenvalue weighted by Gasteiger charge is -2.25. The van der Waals surface area contributed by atoms with Crippen LogP contribution >= 0.6 is 0 Å². The maximum atomic E-state index is 13.6. The van der Waals surface area contributed by atoms with Crippen LogP contribution in [-0.4, -0.2) is 49.3 Å². The quantitative estimate of drug-likeness (QED) is 0.368. The van der Waals surface area contributed by atoms with Crippen LogP contribution in [0.3, 0.4) is 0 Å². The van der Waals surface area contributed by atoms with E-state index in [9.17, 15) is 9.18 Å². The molecule has 0 aliphatic heterocycles. The molecule has 0 unspecified atom stereocenters. The number of aromatic nitrogens is 1. The number of ether oxygens (including phenoxy) is 1. The standard InChI is InChI=1S/C26H32FN3O3/c1-5-29(6-2)26-23(24(28-33-26)20-12-14-21(27)15-13-20)18-30(16-9-17-32-4)25(31)22-11-8-7-10-19(22)3/h7-8,10-15H,5-6,9,16-18H2,1-4H3. The Labute approximate surface area is 194 Å². The van der Waals surface area contributed by atoms with Gasteiger partial charge in [-0.15, -0.1) is 0 Å². The summed E-state index contributed by atoms with van der Waals surface area (Å²) in [5.74, 6) is 0.262.